The summed E-state index contributed by atoms with van der Waals surface area (Å²) >= 11 is 0. The Morgan fingerprint density at radius 3 is 2.57 bits per heavy atom. The number of hydrogen-bond donors (Lipinski definition) is 1. The lowest BCUT2D eigenvalue weighted by molar-refractivity contribution is -0.165. The number of hydrogen-bond acceptors (Lipinski definition) is 2. The van der Waals surface area contributed by atoms with E-state index >= 15 is 0 Å². The van der Waals surface area contributed by atoms with E-state index in [1.165, 1.54) is 0 Å². The highest BCUT2D eigenvalue weighted by Crippen LogP contribution is 2.29. The van der Waals surface area contributed by atoms with E-state index in [0.717, 1.165) is 19.3 Å². The van der Waals surface area contributed by atoms with Crippen LogP contribution in [0.25, 0.3) is 0 Å². The van der Waals surface area contributed by atoms with E-state index in [1.807, 2.05) is 0 Å². The standard InChI is InChI=1S/C7H7F3N2O2/c1-4(7(8,9)10)12-3-5(2-11-12)6(13)14/h2-4H,1H3,(H,13,14). The summed E-state index contributed by atoms with van der Waals surface area (Å²) in [5.41, 5.74) is -0.263. The normalized spacial score (nSPS) is 14.0. The van der Waals surface area contributed by atoms with E-state index in [4.69, 9.17) is 5.11 Å². The summed E-state index contributed by atoms with van der Waals surface area (Å²) in [5, 5.41) is 11.8. The van der Waals surface area contributed by atoms with E-state index in [2.05, 4.69) is 5.10 Å². The van der Waals surface area contributed by atoms with Crippen molar-refractivity contribution in [2.24, 2.45) is 0 Å². The van der Waals surface area contributed by atoms with Crippen LogP contribution in [-0.2, 0) is 0 Å². The van der Waals surface area contributed by atoms with Crippen LogP contribution in [0.5, 0.6) is 0 Å². The monoisotopic (exact) mass is 208 g/mol. The van der Waals surface area contributed by atoms with Crippen molar-refractivity contribution in [3.05, 3.63) is 18.0 Å². The molecule has 0 fully saturated rings. The molecule has 0 aromatic carbocycles. The fourth-order valence-electron chi connectivity index (χ4n) is 0.810. The first-order valence-electron chi connectivity index (χ1n) is 3.66. The predicted octanol–water partition coefficient (Wildman–Crippen LogP) is 1.70. The van der Waals surface area contributed by atoms with Gasteiger partial charge in [-0.2, -0.15) is 18.3 Å². The summed E-state index contributed by atoms with van der Waals surface area (Å²) in [5.74, 6) is -1.30. The highest BCUT2D eigenvalue weighted by molar-refractivity contribution is 5.86. The second-order valence-corrected chi connectivity index (χ2v) is 2.73. The molecule has 0 radical (unpaired) electrons. The van der Waals surface area contributed by atoms with Gasteiger partial charge in [-0.25, -0.2) is 4.79 Å². The van der Waals surface area contributed by atoms with Gasteiger partial charge in [0, 0.05) is 6.20 Å². The van der Waals surface area contributed by atoms with Crippen molar-refractivity contribution in [2.75, 3.05) is 0 Å². The molecule has 7 heteroatoms. The molecule has 0 saturated heterocycles. The van der Waals surface area contributed by atoms with Crippen LogP contribution in [0, 0.1) is 0 Å². The highest BCUT2D eigenvalue weighted by Gasteiger charge is 2.38. The van der Waals surface area contributed by atoms with Gasteiger partial charge in [0.15, 0.2) is 0 Å². The third-order valence-corrected chi connectivity index (χ3v) is 1.72. The van der Waals surface area contributed by atoms with Gasteiger partial charge in [0.2, 0.25) is 0 Å². The summed E-state index contributed by atoms with van der Waals surface area (Å²) in [6.07, 6.45) is -2.70. The molecule has 0 saturated carbocycles. The topological polar surface area (TPSA) is 55.1 Å². The minimum Gasteiger partial charge on any atom is -0.478 e. The molecule has 1 aromatic heterocycles. The highest BCUT2D eigenvalue weighted by atomic mass is 19.4. The van der Waals surface area contributed by atoms with Gasteiger partial charge < -0.3 is 5.11 Å². The Kier molecular flexibility index (Phi) is 2.50. The van der Waals surface area contributed by atoms with Gasteiger partial charge in [-0.3, -0.25) is 4.68 Å². The van der Waals surface area contributed by atoms with Gasteiger partial charge in [-0.05, 0) is 6.92 Å². The Labute approximate surface area is 77.0 Å². The second-order valence-electron chi connectivity index (χ2n) is 2.73. The number of aromatic nitrogens is 2. The summed E-state index contributed by atoms with van der Waals surface area (Å²) in [6.45, 7) is 0.901. The third-order valence-electron chi connectivity index (χ3n) is 1.72. The molecule has 0 aliphatic carbocycles. The Morgan fingerprint density at radius 1 is 1.64 bits per heavy atom. The zero-order valence-electron chi connectivity index (χ0n) is 7.12. The average Bonchev–Trinajstić information content (AvgIpc) is 2.48. The summed E-state index contributed by atoms with van der Waals surface area (Å²) < 4.78 is 37.0. The maximum Gasteiger partial charge on any atom is 0.410 e. The van der Waals surface area contributed by atoms with Gasteiger partial charge in [-0.1, -0.05) is 0 Å². The van der Waals surface area contributed by atoms with E-state index in [0.29, 0.717) is 4.68 Å². The van der Waals surface area contributed by atoms with Crippen molar-refractivity contribution in [3.8, 4) is 0 Å². The molecule has 14 heavy (non-hydrogen) atoms. The van der Waals surface area contributed by atoms with Crippen LogP contribution < -0.4 is 0 Å². The first-order valence-corrected chi connectivity index (χ1v) is 3.66. The van der Waals surface area contributed by atoms with Gasteiger partial charge >= 0.3 is 12.1 Å². The van der Waals surface area contributed by atoms with Gasteiger partial charge in [-0.15, -0.1) is 0 Å². The lowest BCUT2D eigenvalue weighted by Gasteiger charge is -2.15. The molecule has 0 aliphatic heterocycles. The number of nitrogens with zero attached hydrogens (tertiary/aromatic N) is 2. The number of aromatic carboxylic acids is 1. The molecule has 1 unspecified atom stereocenters. The third kappa shape index (κ3) is 2.04. The van der Waals surface area contributed by atoms with Crippen LogP contribution >= 0.6 is 0 Å². The van der Waals surface area contributed by atoms with E-state index < -0.39 is 18.2 Å². The second kappa shape index (κ2) is 3.32. The first-order chi connectivity index (χ1) is 6.32. The Bertz CT molecular complexity index is 345. The summed E-state index contributed by atoms with van der Waals surface area (Å²) in [7, 11) is 0. The quantitative estimate of drug-likeness (QED) is 0.804. The smallest absolute Gasteiger partial charge is 0.410 e. The molecule has 0 bridgehead atoms. The van der Waals surface area contributed by atoms with Crippen LogP contribution in [0.15, 0.2) is 12.4 Å². The Balaban J connectivity index is 2.92. The lowest BCUT2D eigenvalue weighted by atomic mass is 10.3. The predicted molar refractivity (Wildman–Crippen MR) is 40.0 cm³/mol. The first kappa shape index (κ1) is 10.6. The zero-order chi connectivity index (χ0) is 10.9. The molecule has 1 heterocycles. The fourth-order valence-corrected chi connectivity index (χ4v) is 0.810. The Hall–Kier alpha value is -1.53. The number of carboxylic acids is 1. The fraction of sp³-hybridized carbons (Fsp3) is 0.429. The Morgan fingerprint density at radius 2 is 2.21 bits per heavy atom. The van der Waals surface area contributed by atoms with E-state index in [-0.39, 0.29) is 5.56 Å². The lowest BCUT2D eigenvalue weighted by Crippen LogP contribution is -2.24. The minimum atomic E-state index is -4.43. The number of halogens is 3. The number of carbonyl (C=O) groups is 1. The van der Waals surface area contributed by atoms with Gasteiger partial charge in [0.05, 0.1) is 11.8 Å². The molecule has 0 amide bonds. The van der Waals surface area contributed by atoms with Crippen molar-refractivity contribution >= 4 is 5.97 Å². The molecule has 0 aliphatic rings. The molecule has 4 nitrogen and oxygen atoms in total. The molecule has 1 N–H and O–H groups in total. The van der Waals surface area contributed by atoms with Crippen molar-refractivity contribution < 1.29 is 23.1 Å². The maximum atomic E-state index is 12.1. The average molecular weight is 208 g/mol. The van der Waals surface area contributed by atoms with Crippen molar-refractivity contribution in [1.29, 1.82) is 0 Å². The molecular formula is C7H7F3N2O2. The molecule has 1 atom stereocenters. The maximum absolute atomic E-state index is 12.1. The minimum absolute atomic E-state index is 0.263. The SMILES string of the molecule is CC(n1cc(C(=O)O)cn1)C(F)(F)F. The van der Waals surface area contributed by atoms with Crippen LogP contribution in [0.1, 0.15) is 23.3 Å². The molecule has 78 valence electrons. The van der Waals surface area contributed by atoms with Crippen LogP contribution in [0.3, 0.4) is 0 Å². The van der Waals surface area contributed by atoms with E-state index in [1.54, 1.807) is 0 Å². The molecule has 1 aromatic rings. The van der Waals surface area contributed by atoms with Gasteiger partial charge in [0.1, 0.15) is 6.04 Å². The molecular weight excluding hydrogens is 201 g/mol. The summed E-state index contributed by atoms with van der Waals surface area (Å²) in [4.78, 5) is 10.4. The molecule has 1 rings (SSSR count). The number of rotatable bonds is 2. The van der Waals surface area contributed by atoms with Crippen LogP contribution in [0.4, 0.5) is 13.2 Å². The van der Waals surface area contributed by atoms with Gasteiger partial charge in [0.25, 0.3) is 0 Å². The molecule has 0 spiro atoms. The van der Waals surface area contributed by atoms with Crippen molar-refractivity contribution in [3.63, 3.8) is 0 Å². The van der Waals surface area contributed by atoms with E-state index in [9.17, 15) is 18.0 Å². The van der Waals surface area contributed by atoms with Crippen LogP contribution in [0.2, 0.25) is 0 Å². The van der Waals surface area contributed by atoms with Crippen molar-refractivity contribution in [1.82, 2.24) is 9.78 Å². The van der Waals surface area contributed by atoms with Crippen molar-refractivity contribution in [2.45, 2.75) is 19.1 Å². The number of alkyl halides is 3. The number of carboxylic acid groups (broad SMARTS) is 1. The zero-order valence-corrected chi connectivity index (χ0v) is 7.12. The largest absolute Gasteiger partial charge is 0.478 e. The van der Waals surface area contributed by atoms with Crippen LogP contribution in [-0.4, -0.2) is 27.0 Å². The summed E-state index contributed by atoms with van der Waals surface area (Å²) in [6, 6.07) is -1.82.